The summed E-state index contributed by atoms with van der Waals surface area (Å²) in [5.74, 6) is 0. The normalized spacial score (nSPS) is 28.9. The third-order valence-corrected chi connectivity index (χ3v) is 3.84. The quantitative estimate of drug-likeness (QED) is 0.825. The summed E-state index contributed by atoms with van der Waals surface area (Å²) in [7, 11) is 0. The summed E-state index contributed by atoms with van der Waals surface area (Å²) < 4.78 is 5.51. The number of aliphatic hydroxyl groups is 1. The summed E-state index contributed by atoms with van der Waals surface area (Å²) in [4.78, 5) is 14.2. The zero-order chi connectivity index (χ0) is 13.3. The van der Waals surface area contributed by atoms with E-state index in [1.54, 1.807) is 0 Å². The van der Waals surface area contributed by atoms with E-state index in [1.165, 1.54) is 6.42 Å². The van der Waals surface area contributed by atoms with Crippen molar-refractivity contribution in [3.05, 3.63) is 0 Å². The summed E-state index contributed by atoms with van der Waals surface area (Å²) in [5.41, 5.74) is -0.448. The van der Waals surface area contributed by atoms with E-state index in [9.17, 15) is 9.90 Å². The lowest BCUT2D eigenvalue weighted by Crippen LogP contribution is -2.51. The Labute approximate surface area is 109 Å². The predicted molar refractivity (Wildman–Crippen MR) is 69.4 cm³/mol. The molecular formula is C14H25NO3. The van der Waals surface area contributed by atoms with Crippen LogP contribution in [0.5, 0.6) is 0 Å². The van der Waals surface area contributed by atoms with E-state index < -0.39 is 5.60 Å². The average molecular weight is 255 g/mol. The topological polar surface area (TPSA) is 49.8 Å². The molecule has 2 aliphatic carbocycles. The first-order valence-electron chi connectivity index (χ1n) is 7.06. The fraction of sp³-hybridized carbons (Fsp3) is 0.929. The Hall–Kier alpha value is -0.770. The second kappa shape index (κ2) is 5.08. The number of rotatable bonds is 2. The van der Waals surface area contributed by atoms with Gasteiger partial charge in [0.25, 0.3) is 0 Å². The Morgan fingerprint density at radius 3 is 2.22 bits per heavy atom. The van der Waals surface area contributed by atoms with E-state index in [2.05, 4.69) is 0 Å². The Morgan fingerprint density at radius 1 is 1.17 bits per heavy atom. The Morgan fingerprint density at radius 2 is 1.83 bits per heavy atom. The highest BCUT2D eigenvalue weighted by molar-refractivity contribution is 5.69. The van der Waals surface area contributed by atoms with Gasteiger partial charge in [-0.15, -0.1) is 0 Å². The summed E-state index contributed by atoms with van der Waals surface area (Å²) in [5, 5.41) is 9.66. The molecule has 0 heterocycles. The Kier molecular flexibility index (Phi) is 3.85. The van der Waals surface area contributed by atoms with Gasteiger partial charge in [-0.3, -0.25) is 0 Å². The molecule has 18 heavy (non-hydrogen) atoms. The zero-order valence-electron chi connectivity index (χ0n) is 11.7. The number of ether oxygens (including phenoxy) is 1. The van der Waals surface area contributed by atoms with Gasteiger partial charge in [0.1, 0.15) is 5.60 Å². The monoisotopic (exact) mass is 255 g/mol. The van der Waals surface area contributed by atoms with Gasteiger partial charge in [0.15, 0.2) is 0 Å². The van der Waals surface area contributed by atoms with Crippen molar-refractivity contribution in [3.8, 4) is 0 Å². The fourth-order valence-corrected chi connectivity index (χ4v) is 2.76. The van der Waals surface area contributed by atoms with Crippen LogP contribution in [-0.2, 0) is 4.74 Å². The van der Waals surface area contributed by atoms with Crippen molar-refractivity contribution in [1.82, 2.24) is 4.90 Å². The second-order valence-corrected chi connectivity index (χ2v) is 6.59. The smallest absolute Gasteiger partial charge is 0.410 e. The van der Waals surface area contributed by atoms with Gasteiger partial charge in [-0.05, 0) is 59.3 Å². The lowest BCUT2D eigenvalue weighted by atomic mass is 9.90. The Balaban J connectivity index is 2.02. The molecule has 104 valence electrons. The first kappa shape index (κ1) is 13.7. The number of nitrogens with zero attached hydrogens (tertiary/aromatic N) is 1. The highest BCUT2D eigenvalue weighted by atomic mass is 16.6. The van der Waals surface area contributed by atoms with E-state index in [0.717, 1.165) is 25.7 Å². The van der Waals surface area contributed by atoms with Crippen LogP contribution in [0.4, 0.5) is 4.79 Å². The third kappa shape index (κ3) is 3.16. The van der Waals surface area contributed by atoms with E-state index >= 15 is 0 Å². The van der Waals surface area contributed by atoms with Crippen molar-refractivity contribution in [2.24, 2.45) is 0 Å². The molecule has 4 heteroatoms. The van der Waals surface area contributed by atoms with E-state index in [4.69, 9.17) is 4.74 Å². The number of aliphatic hydroxyl groups excluding tert-OH is 1. The predicted octanol–water partition coefficient (Wildman–Crippen LogP) is 2.69. The zero-order valence-corrected chi connectivity index (χ0v) is 11.7. The van der Waals surface area contributed by atoms with Crippen LogP contribution in [0, 0.1) is 0 Å². The molecular weight excluding hydrogens is 230 g/mol. The van der Waals surface area contributed by atoms with Crippen molar-refractivity contribution < 1.29 is 14.6 Å². The molecule has 1 amide bonds. The molecule has 0 spiro atoms. The van der Waals surface area contributed by atoms with Crippen LogP contribution >= 0.6 is 0 Å². The van der Waals surface area contributed by atoms with Gasteiger partial charge in [0.05, 0.1) is 6.10 Å². The maximum absolute atomic E-state index is 12.3. The molecule has 0 aromatic heterocycles. The largest absolute Gasteiger partial charge is 0.444 e. The fourth-order valence-electron chi connectivity index (χ4n) is 2.76. The third-order valence-electron chi connectivity index (χ3n) is 3.84. The number of carbonyl (C=O) groups excluding carboxylic acids is 1. The SMILES string of the molecule is CC(C)(C)OC(=O)N(C1CCC1)C1CCC(O)C1. The van der Waals surface area contributed by atoms with Crippen LogP contribution in [-0.4, -0.2) is 39.9 Å². The minimum Gasteiger partial charge on any atom is -0.444 e. The van der Waals surface area contributed by atoms with Crippen LogP contribution in [0.2, 0.25) is 0 Å². The van der Waals surface area contributed by atoms with Gasteiger partial charge in [0.2, 0.25) is 0 Å². The molecule has 2 aliphatic rings. The molecule has 0 aromatic rings. The molecule has 2 saturated carbocycles. The lowest BCUT2D eigenvalue weighted by molar-refractivity contribution is -0.00677. The average Bonchev–Trinajstić information content (AvgIpc) is 2.54. The molecule has 2 fully saturated rings. The highest BCUT2D eigenvalue weighted by Gasteiger charge is 2.39. The number of hydrogen-bond acceptors (Lipinski definition) is 3. The molecule has 0 radical (unpaired) electrons. The molecule has 0 bridgehead atoms. The molecule has 4 nitrogen and oxygen atoms in total. The van der Waals surface area contributed by atoms with E-state index in [-0.39, 0.29) is 18.2 Å². The van der Waals surface area contributed by atoms with Crippen LogP contribution in [0.25, 0.3) is 0 Å². The van der Waals surface area contributed by atoms with Gasteiger partial charge in [-0.1, -0.05) is 0 Å². The van der Waals surface area contributed by atoms with Gasteiger partial charge in [-0.25, -0.2) is 4.79 Å². The standard InChI is InChI=1S/C14H25NO3/c1-14(2,3)18-13(17)15(10-5-4-6-10)11-7-8-12(16)9-11/h10-12,16H,4-9H2,1-3H3. The van der Waals surface area contributed by atoms with Gasteiger partial charge < -0.3 is 14.7 Å². The van der Waals surface area contributed by atoms with Crippen LogP contribution in [0.3, 0.4) is 0 Å². The summed E-state index contributed by atoms with van der Waals surface area (Å²) in [6.07, 6.45) is 5.30. The summed E-state index contributed by atoms with van der Waals surface area (Å²) >= 11 is 0. The highest BCUT2D eigenvalue weighted by Crippen LogP contribution is 2.33. The minimum absolute atomic E-state index is 0.167. The van der Waals surface area contributed by atoms with Crippen molar-refractivity contribution in [1.29, 1.82) is 0 Å². The van der Waals surface area contributed by atoms with E-state index in [0.29, 0.717) is 12.5 Å². The van der Waals surface area contributed by atoms with Gasteiger partial charge in [-0.2, -0.15) is 0 Å². The molecule has 2 rings (SSSR count). The molecule has 1 N–H and O–H groups in total. The van der Waals surface area contributed by atoms with Gasteiger partial charge >= 0.3 is 6.09 Å². The van der Waals surface area contributed by atoms with Crippen molar-refractivity contribution in [3.63, 3.8) is 0 Å². The second-order valence-electron chi connectivity index (χ2n) is 6.59. The maximum Gasteiger partial charge on any atom is 0.410 e. The first-order chi connectivity index (χ1) is 8.37. The molecule has 2 unspecified atom stereocenters. The number of hydrogen-bond donors (Lipinski definition) is 1. The van der Waals surface area contributed by atoms with Crippen LogP contribution < -0.4 is 0 Å². The van der Waals surface area contributed by atoms with Gasteiger partial charge in [0, 0.05) is 12.1 Å². The Bertz CT molecular complexity index is 307. The maximum atomic E-state index is 12.3. The summed E-state index contributed by atoms with van der Waals surface area (Å²) in [6.45, 7) is 5.69. The van der Waals surface area contributed by atoms with Crippen molar-refractivity contribution in [2.75, 3.05) is 0 Å². The molecule has 0 aromatic carbocycles. The van der Waals surface area contributed by atoms with Crippen molar-refractivity contribution in [2.45, 2.75) is 83.1 Å². The lowest BCUT2D eigenvalue weighted by Gasteiger charge is -2.41. The molecule has 0 aliphatic heterocycles. The molecule has 0 saturated heterocycles. The van der Waals surface area contributed by atoms with Crippen molar-refractivity contribution >= 4 is 6.09 Å². The number of amides is 1. The minimum atomic E-state index is -0.448. The van der Waals surface area contributed by atoms with E-state index in [1.807, 2.05) is 25.7 Å². The first-order valence-corrected chi connectivity index (χ1v) is 7.06. The molecule has 2 atom stereocenters. The summed E-state index contributed by atoms with van der Waals surface area (Å²) in [6, 6.07) is 0.496. The van der Waals surface area contributed by atoms with Crippen LogP contribution in [0.1, 0.15) is 59.3 Å². The number of carbonyl (C=O) groups is 1. The van der Waals surface area contributed by atoms with Crippen LogP contribution in [0.15, 0.2) is 0 Å².